The van der Waals surface area contributed by atoms with Gasteiger partial charge in [0.05, 0.1) is 71.8 Å². The number of aryl methyl sites for hydroxylation is 2. The molecular formula is C33H43BF2N6O5. The summed E-state index contributed by atoms with van der Waals surface area (Å²) in [6.07, 6.45) is 3.47. The summed E-state index contributed by atoms with van der Waals surface area (Å²) < 4.78 is 64.5. The van der Waals surface area contributed by atoms with Crippen LogP contribution in [-0.2, 0) is 23.7 Å². The molecule has 3 aliphatic rings. The average molecular weight is 653 g/mol. The van der Waals surface area contributed by atoms with Gasteiger partial charge in [-0.05, 0) is 57.2 Å². The van der Waals surface area contributed by atoms with Crippen LogP contribution >= 0.6 is 0 Å². The molecule has 0 aliphatic carbocycles. The van der Waals surface area contributed by atoms with Crippen molar-refractivity contribution in [2.75, 3.05) is 84.1 Å². The zero-order valence-electron chi connectivity index (χ0n) is 27.6. The van der Waals surface area contributed by atoms with Gasteiger partial charge in [0.15, 0.2) is 6.20 Å². The number of aromatic nitrogens is 4. The van der Waals surface area contributed by atoms with Gasteiger partial charge in [0.25, 0.3) is 5.84 Å². The van der Waals surface area contributed by atoms with Crippen molar-refractivity contribution in [1.29, 1.82) is 0 Å². The molecule has 6 rings (SSSR count). The second kappa shape index (κ2) is 14.6. The largest absolute Gasteiger partial charge is 0.639 e. The lowest BCUT2D eigenvalue weighted by Gasteiger charge is -2.36. The van der Waals surface area contributed by atoms with Crippen LogP contribution in [0, 0.1) is 13.8 Å². The zero-order valence-corrected chi connectivity index (χ0v) is 27.6. The van der Waals surface area contributed by atoms with Gasteiger partial charge in [-0.1, -0.05) is 16.8 Å². The van der Waals surface area contributed by atoms with E-state index in [2.05, 4.69) is 15.2 Å². The smallest absolute Gasteiger partial charge is 0.420 e. The number of nitrogens with zero attached hydrogens (tertiary/aromatic N) is 6. The number of hydrogen-bond acceptors (Lipinski definition) is 8. The lowest BCUT2D eigenvalue weighted by atomic mass is 9.87. The van der Waals surface area contributed by atoms with E-state index in [1.807, 2.05) is 51.1 Å². The highest BCUT2D eigenvalue weighted by molar-refractivity contribution is 6.58. The van der Waals surface area contributed by atoms with E-state index in [0.717, 1.165) is 32.4 Å². The third-order valence-corrected chi connectivity index (χ3v) is 8.71. The molecule has 0 N–H and O–H groups in total. The highest BCUT2D eigenvalue weighted by Gasteiger charge is 2.51. The standard InChI is InChI=1S/C33H43BF2N6O5/c1-24-21-26(3)41-32(24)27(4)33-25(2)22-31(42(33)34(41,35)36)40-23-30(37-38-40)28-5-7-29(8-6-28)39-9-11-43-13-15-45-17-19-47-20-18-46-16-14-44-12-10-39/h5-8,21-23H,9-20H2,1-4H3. The van der Waals surface area contributed by atoms with Gasteiger partial charge >= 0.3 is 6.97 Å². The van der Waals surface area contributed by atoms with Gasteiger partial charge in [0.1, 0.15) is 5.69 Å². The maximum Gasteiger partial charge on any atom is 0.639 e. The van der Waals surface area contributed by atoms with Crippen molar-refractivity contribution >= 4 is 24.1 Å². The molecule has 1 saturated heterocycles. The van der Waals surface area contributed by atoms with Gasteiger partial charge in [-0.15, -0.1) is 5.10 Å². The first-order valence-corrected chi connectivity index (χ1v) is 16.2. The molecule has 0 saturated carbocycles. The van der Waals surface area contributed by atoms with Gasteiger partial charge in [-0.2, -0.15) is 0 Å². The van der Waals surface area contributed by atoms with E-state index in [9.17, 15) is 0 Å². The van der Waals surface area contributed by atoms with E-state index in [1.165, 1.54) is 9.16 Å². The van der Waals surface area contributed by atoms with Gasteiger partial charge < -0.3 is 46.2 Å². The Morgan fingerprint density at radius 2 is 1.32 bits per heavy atom. The summed E-state index contributed by atoms with van der Waals surface area (Å²) in [5.41, 5.74) is 6.49. The number of anilines is 1. The van der Waals surface area contributed by atoms with Crippen LogP contribution in [0.15, 0.2) is 53.9 Å². The SMILES string of the molecule is CC1=CC(n2cc(-c3ccc(N4CCOCCOCCOCCOCCOCC4)cc3)nn2)=[N+]2C1=C(C)c1c(C)cc(C)n1[B-]2(F)F. The molecule has 0 spiro atoms. The Morgan fingerprint density at radius 1 is 0.766 bits per heavy atom. The minimum atomic E-state index is -4.15. The molecule has 47 heavy (non-hydrogen) atoms. The lowest BCUT2D eigenvalue weighted by molar-refractivity contribution is -0.366. The van der Waals surface area contributed by atoms with Crippen LogP contribution in [0.25, 0.3) is 16.8 Å². The van der Waals surface area contributed by atoms with Gasteiger partial charge in [0, 0.05) is 52.5 Å². The molecule has 0 amide bonds. The molecule has 14 heteroatoms. The van der Waals surface area contributed by atoms with Crippen LogP contribution in [0.2, 0.25) is 0 Å². The van der Waals surface area contributed by atoms with Crippen LogP contribution in [0.5, 0.6) is 0 Å². The minimum absolute atomic E-state index is 0.279. The molecule has 0 bridgehead atoms. The monoisotopic (exact) mass is 652 g/mol. The molecule has 5 heterocycles. The third kappa shape index (κ3) is 6.97. The minimum Gasteiger partial charge on any atom is -0.420 e. The van der Waals surface area contributed by atoms with Gasteiger partial charge in [-0.25, -0.2) is 0 Å². The second-order valence-corrected chi connectivity index (χ2v) is 11.9. The van der Waals surface area contributed by atoms with Crippen molar-refractivity contribution in [3.63, 3.8) is 0 Å². The summed E-state index contributed by atoms with van der Waals surface area (Å²) in [6.45, 7) is 9.75. The quantitative estimate of drug-likeness (QED) is 0.382. The summed E-state index contributed by atoms with van der Waals surface area (Å²) in [5, 5.41) is 8.67. The van der Waals surface area contributed by atoms with Crippen molar-refractivity contribution in [3.05, 3.63) is 70.8 Å². The number of halogens is 2. The molecule has 11 nitrogen and oxygen atoms in total. The highest BCUT2D eigenvalue weighted by Crippen LogP contribution is 2.41. The third-order valence-electron chi connectivity index (χ3n) is 8.71. The van der Waals surface area contributed by atoms with Crippen molar-refractivity contribution in [2.45, 2.75) is 27.7 Å². The number of fused-ring (bicyclic) bond motifs is 2. The molecular weight excluding hydrogens is 609 g/mol. The van der Waals surface area contributed by atoms with E-state index in [1.54, 1.807) is 19.2 Å². The fourth-order valence-corrected chi connectivity index (χ4v) is 6.58. The normalized spacial score (nSPS) is 20.5. The van der Waals surface area contributed by atoms with E-state index >= 15 is 8.63 Å². The Labute approximate surface area is 274 Å². The zero-order chi connectivity index (χ0) is 33.0. The molecule has 3 aromatic rings. The van der Waals surface area contributed by atoms with E-state index in [0.29, 0.717) is 102 Å². The summed E-state index contributed by atoms with van der Waals surface area (Å²) in [7, 11) is 0. The Hall–Kier alpha value is -3.69. The van der Waals surface area contributed by atoms with E-state index in [-0.39, 0.29) is 5.84 Å². The fourth-order valence-electron chi connectivity index (χ4n) is 6.58. The van der Waals surface area contributed by atoms with Crippen LogP contribution in [0.3, 0.4) is 0 Å². The Morgan fingerprint density at radius 3 is 1.89 bits per heavy atom. The van der Waals surface area contributed by atoms with E-state index in [4.69, 9.17) is 23.7 Å². The number of hydrogen-bond donors (Lipinski definition) is 0. The number of rotatable bonds is 2. The van der Waals surface area contributed by atoms with Crippen LogP contribution < -0.4 is 4.90 Å². The Bertz CT molecular complexity index is 1650. The van der Waals surface area contributed by atoms with Gasteiger partial charge in [0.2, 0.25) is 0 Å². The summed E-state index contributed by atoms with van der Waals surface area (Å²) >= 11 is 0. The molecule has 0 radical (unpaired) electrons. The predicted octanol–water partition coefficient (Wildman–Crippen LogP) is 4.15. The summed E-state index contributed by atoms with van der Waals surface area (Å²) in [4.78, 5) is 2.21. The number of ether oxygens (including phenoxy) is 5. The number of allylic oxidation sites excluding steroid dienone is 3. The summed E-state index contributed by atoms with van der Waals surface area (Å²) in [6, 6.07) is 9.79. The van der Waals surface area contributed by atoms with Crippen molar-refractivity contribution in [1.82, 2.24) is 19.5 Å². The maximum absolute atomic E-state index is 16.3. The first-order chi connectivity index (χ1) is 22.8. The van der Waals surface area contributed by atoms with Crippen LogP contribution in [-0.4, -0.2) is 116 Å². The molecule has 2 aromatic heterocycles. The first kappa shape index (κ1) is 33.2. The molecule has 3 aliphatic heterocycles. The fraction of sp³-hybridized carbons (Fsp3) is 0.485. The predicted molar refractivity (Wildman–Crippen MR) is 176 cm³/mol. The first-order valence-electron chi connectivity index (χ1n) is 16.2. The number of benzene rings is 1. The highest BCUT2D eigenvalue weighted by atomic mass is 19.2. The molecule has 0 atom stereocenters. The van der Waals surface area contributed by atoms with Crippen LogP contribution in [0.4, 0.5) is 14.3 Å². The second-order valence-electron chi connectivity index (χ2n) is 11.9. The molecule has 252 valence electrons. The van der Waals surface area contributed by atoms with Crippen molar-refractivity contribution < 1.29 is 36.8 Å². The maximum atomic E-state index is 16.3. The Balaban J connectivity index is 1.19. The molecule has 1 aromatic carbocycles. The van der Waals surface area contributed by atoms with Crippen LogP contribution in [0.1, 0.15) is 30.8 Å². The summed E-state index contributed by atoms with van der Waals surface area (Å²) in [5.74, 6) is 0.279. The average Bonchev–Trinajstić information content (AvgIpc) is 3.76. The van der Waals surface area contributed by atoms with Crippen molar-refractivity contribution in [3.8, 4) is 11.3 Å². The lowest BCUT2D eigenvalue weighted by Crippen LogP contribution is -2.52. The van der Waals surface area contributed by atoms with E-state index < -0.39 is 6.97 Å². The Kier molecular flexibility index (Phi) is 10.3. The van der Waals surface area contributed by atoms with Crippen molar-refractivity contribution in [2.24, 2.45) is 0 Å². The molecule has 1 fully saturated rings. The molecule has 0 unspecified atom stereocenters. The topological polar surface area (TPSA) is 88.0 Å². The van der Waals surface area contributed by atoms with Gasteiger partial charge in [-0.3, -0.25) is 0 Å².